The number of carbonyl (C=O) groups excluding carboxylic acids is 1. The Kier molecular flexibility index (Phi) is 2.90. The first-order valence-electron chi connectivity index (χ1n) is 3.72. The van der Waals surface area contributed by atoms with Crippen LogP contribution in [-0.2, 0) is 4.79 Å². The highest BCUT2D eigenvalue weighted by atomic mass is 19.2. The van der Waals surface area contributed by atoms with Crippen molar-refractivity contribution in [3.63, 3.8) is 0 Å². The molecule has 68 valence electrons. The van der Waals surface area contributed by atoms with Crippen LogP contribution in [0.25, 0.3) is 6.08 Å². The highest BCUT2D eigenvalue weighted by Gasteiger charge is 2.00. The van der Waals surface area contributed by atoms with Crippen molar-refractivity contribution in [2.75, 3.05) is 0 Å². The van der Waals surface area contributed by atoms with Crippen molar-refractivity contribution in [2.45, 2.75) is 6.92 Å². The minimum Gasteiger partial charge on any atom is -0.298 e. The zero-order chi connectivity index (χ0) is 9.84. The van der Waals surface area contributed by atoms with Gasteiger partial charge in [0.25, 0.3) is 0 Å². The molecule has 0 atom stereocenters. The quantitative estimate of drug-likeness (QED) is 0.507. The molecule has 0 heterocycles. The van der Waals surface area contributed by atoms with Gasteiger partial charge in [0.2, 0.25) is 0 Å². The van der Waals surface area contributed by atoms with E-state index in [2.05, 4.69) is 0 Å². The number of halogens is 2. The molecule has 0 radical (unpaired) electrons. The molecule has 13 heavy (non-hydrogen) atoms. The highest BCUT2D eigenvalue weighted by Crippen LogP contribution is 2.11. The Morgan fingerprint density at radius 1 is 1.31 bits per heavy atom. The molecule has 0 fully saturated rings. The van der Waals surface area contributed by atoms with Crippen molar-refractivity contribution >= 4 is 12.4 Å². The third-order valence-corrected chi connectivity index (χ3v) is 1.52. The maximum atomic E-state index is 12.6. The SMILES string of the molecule is C/C(C=O)=C/c1ccc(F)c(F)c1. The lowest BCUT2D eigenvalue weighted by Gasteiger charge is -1.95. The summed E-state index contributed by atoms with van der Waals surface area (Å²) >= 11 is 0. The van der Waals surface area contributed by atoms with E-state index in [4.69, 9.17) is 0 Å². The first-order valence-corrected chi connectivity index (χ1v) is 3.72. The van der Waals surface area contributed by atoms with E-state index in [1.54, 1.807) is 6.92 Å². The standard InChI is InChI=1S/C10H8F2O/c1-7(6-13)4-8-2-3-9(11)10(12)5-8/h2-6H,1H3/b7-4-. The molecule has 0 aliphatic rings. The Balaban J connectivity index is 3.04. The van der Waals surface area contributed by atoms with Gasteiger partial charge in [-0.1, -0.05) is 6.07 Å². The second-order valence-electron chi connectivity index (χ2n) is 2.68. The van der Waals surface area contributed by atoms with Gasteiger partial charge in [-0.2, -0.15) is 0 Å². The van der Waals surface area contributed by atoms with Crippen molar-refractivity contribution in [1.82, 2.24) is 0 Å². The first kappa shape index (κ1) is 9.58. The molecule has 1 nitrogen and oxygen atoms in total. The molecular weight excluding hydrogens is 174 g/mol. The number of rotatable bonds is 2. The maximum Gasteiger partial charge on any atom is 0.159 e. The Hall–Kier alpha value is -1.51. The molecule has 0 aliphatic carbocycles. The maximum absolute atomic E-state index is 12.6. The van der Waals surface area contributed by atoms with E-state index in [1.807, 2.05) is 0 Å². The molecule has 0 N–H and O–H groups in total. The average molecular weight is 182 g/mol. The zero-order valence-corrected chi connectivity index (χ0v) is 7.05. The van der Waals surface area contributed by atoms with Crippen LogP contribution in [0.2, 0.25) is 0 Å². The van der Waals surface area contributed by atoms with E-state index in [0.29, 0.717) is 17.4 Å². The lowest BCUT2D eigenvalue weighted by molar-refractivity contribution is -0.104. The number of benzene rings is 1. The fraction of sp³-hybridized carbons (Fsp3) is 0.100. The van der Waals surface area contributed by atoms with Crippen LogP contribution in [0.3, 0.4) is 0 Å². The van der Waals surface area contributed by atoms with Crippen LogP contribution in [0.5, 0.6) is 0 Å². The van der Waals surface area contributed by atoms with Crippen LogP contribution in [-0.4, -0.2) is 6.29 Å². The number of hydrogen-bond donors (Lipinski definition) is 0. The van der Waals surface area contributed by atoms with E-state index < -0.39 is 11.6 Å². The fourth-order valence-electron chi connectivity index (χ4n) is 0.899. The van der Waals surface area contributed by atoms with Crippen molar-refractivity contribution in [3.05, 3.63) is 41.0 Å². The van der Waals surface area contributed by atoms with Gasteiger partial charge in [0.05, 0.1) is 0 Å². The molecule has 3 heteroatoms. The molecule has 0 aromatic heterocycles. The van der Waals surface area contributed by atoms with Gasteiger partial charge in [-0.05, 0) is 36.3 Å². The van der Waals surface area contributed by atoms with Crippen molar-refractivity contribution in [2.24, 2.45) is 0 Å². The predicted octanol–water partition coefficient (Wildman–Crippen LogP) is 2.57. The van der Waals surface area contributed by atoms with Crippen LogP contribution < -0.4 is 0 Å². The molecule has 0 bridgehead atoms. The van der Waals surface area contributed by atoms with E-state index >= 15 is 0 Å². The Morgan fingerprint density at radius 3 is 2.54 bits per heavy atom. The molecule has 1 rings (SSSR count). The second kappa shape index (κ2) is 3.94. The first-order chi connectivity index (χ1) is 6.13. The number of hydrogen-bond acceptors (Lipinski definition) is 1. The summed E-state index contributed by atoms with van der Waals surface area (Å²) in [6.07, 6.45) is 2.14. The van der Waals surface area contributed by atoms with Crippen LogP contribution in [0.1, 0.15) is 12.5 Å². The largest absolute Gasteiger partial charge is 0.298 e. The van der Waals surface area contributed by atoms with Crippen molar-refractivity contribution < 1.29 is 13.6 Å². The summed E-state index contributed by atoms with van der Waals surface area (Å²) in [5.41, 5.74) is 0.939. The number of aldehydes is 1. The molecule has 0 saturated carbocycles. The highest BCUT2D eigenvalue weighted by molar-refractivity contribution is 5.80. The third-order valence-electron chi connectivity index (χ3n) is 1.52. The number of carbonyl (C=O) groups is 1. The van der Waals surface area contributed by atoms with Gasteiger partial charge in [0.1, 0.15) is 6.29 Å². The molecular formula is C10H8F2O. The molecule has 1 aromatic rings. The van der Waals surface area contributed by atoms with E-state index in [9.17, 15) is 13.6 Å². The summed E-state index contributed by atoms with van der Waals surface area (Å²) in [6.45, 7) is 1.59. The van der Waals surface area contributed by atoms with Gasteiger partial charge in [-0.25, -0.2) is 8.78 Å². The monoisotopic (exact) mass is 182 g/mol. The second-order valence-corrected chi connectivity index (χ2v) is 2.68. The zero-order valence-electron chi connectivity index (χ0n) is 7.05. The molecule has 0 aliphatic heterocycles. The van der Waals surface area contributed by atoms with E-state index in [1.165, 1.54) is 12.1 Å². The van der Waals surface area contributed by atoms with Gasteiger partial charge in [-0.3, -0.25) is 4.79 Å². The summed E-state index contributed by atoms with van der Waals surface area (Å²) < 4.78 is 25.1. The summed E-state index contributed by atoms with van der Waals surface area (Å²) in [5, 5.41) is 0. The van der Waals surface area contributed by atoms with Crippen LogP contribution >= 0.6 is 0 Å². The van der Waals surface area contributed by atoms with Crippen molar-refractivity contribution in [3.8, 4) is 0 Å². The van der Waals surface area contributed by atoms with Crippen LogP contribution in [0.15, 0.2) is 23.8 Å². The fourth-order valence-corrected chi connectivity index (χ4v) is 0.899. The molecule has 0 unspecified atom stereocenters. The molecule has 0 amide bonds. The lowest BCUT2D eigenvalue weighted by atomic mass is 10.1. The predicted molar refractivity (Wildman–Crippen MR) is 46.1 cm³/mol. The lowest BCUT2D eigenvalue weighted by Crippen LogP contribution is -1.85. The van der Waals surface area contributed by atoms with Crippen LogP contribution in [0.4, 0.5) is 8.78 Å². The topological polar surface area (TPSA) is 17.1 Å². The van der Waals surface area contributed by atoms with Gasteiger partial charge >= 0.3 is 0 Å². The average Bonchev–Trinajstić information content (AvgIpc) is 2.11. The Bertz CT molecular complexity index is 356. The van der Waals surface area contributed by atoms with Gasteiger partial charge < -0.3 is 0 Å². The Labute approximate surface area is 74.7 Å². The molecule has 0 spiro atoms. The van der Waals surface area contributed by atoms with Gasteiger partial charge in [0.15, 0.2) is 11.6 Å². The van der Waals surface area contributed by atoms with Gasteiger partial charge in [0, 0.05) is 0 Å². The Morgan fingerprint density at radius 2 is 2.00 bits per heavy atom. The van der Waals surface area contributed by atoms with E-state index in [-0.39, 0.29) is 0 Å². The molecule has 0 saturated heterocycles. The third kappa shape index (κ3) is 2.47. The van der Waals surface area contributed by atoms with E-state index in [0.717, 1.165) is 12.1 Å². The normalized spacial score (nSPS) is 11.5. The summed E-state index contributed by atoms with van der Waals surface area (Å²) in [7, 11) is 0. The number of allylic oxidation sites excluding steroid dienone is 1. The summed E-state index contributed by atoms with van der Waals surface area (Å²) in [5.74, 6) is -1.80. The molecule has 1 aromatic carbocycles. The summed E-state index contributed by atoms with van der Waals surface area (Å²) in [4.78, 5) is 10.2. The smallest absolute Gasteiger partial charge is 0.159 e. The summed E-state index contributed by atoms with van der Waals surface area (Å²) in [6, 6.07) is 3.48. The minimum absolute atomic E-state index is 0.464. The van der Waals surface area contributed by atoms with Gasteiger partial charge in [-0.15, -0.1) is 0 Å². The van der Waals surface area contributed by atoms with Crippen LogP contribution in [0, 0.1) is 11.6 Å². The minimum atomic E-state index is -0.910. The van der Waals surface area contributed by atoms with Crippen molar-refractivity contribution in [1.29, 1.82) is 0 Å².